The molecule has 0 saturated heterocycles. The van der Waals surface area contributed by atoms with Crippen molar-refractivity contribution in [2.24, 2.45) is 5.73 Å². The van der Waals surface area contributed by atoms with Gasteiger partial charge in [0.1, 0.15) is 0 Å². The van der Waals surface area contributed by atoms with Crippen LogP contribution in [0.1, 0.15) is 6.42 Å². The van der Waals surface area contributed by atoms with Crippen molar-refractivity contribution >= 4 is 38.5 Å². The van der Waals surface area contributed by atoms with Crippen LogP contribution in [0.5, 0.6) is 0 Å². The van der Waals surface area contributed by atoms with Gasteiger partial charge in [0.25, 0.3) is 0 Å². The minimum atomic E-state index is 0.105. The van der Waals surface area contributed by atoms with Gasteiger partial charge in [-0.25, -0.2) is 0 Å². The molecule has 1 atom stereocenters. The maximum atomic E-state index is 5.51. The van der Waals surface area contributed by atoms with E-state index in [2.05, 4.69) is 44.6 Å². The van der Waals surface area contributed by atoms with E-state index < -0.39 is 0 Å². The van der Waals surface area contributed by atoms with Crippen molar-refractivity contribution in [2.45, 2.75) is 8.75 Å². The molecule has 0 aromatic rings. The summed E-state index contributed by atoms with van der Waals surface area (Å²) in [4.78, 5) is 0. The molecule has 50 valence electrons. The van der Waals surface area contributed by atoms with E-state index in [1.807, 2.05) is 12.2 Å². The lowest BCUT2D eigenvalue weighted by Crippen LogP contribution is -2.10. The fourth-order valence-corrected chi connectivity index (χ4v) is 1.30. The quantitative estimate of drug-likeness (QED) is 0.539. The van der Waals surface area contributed by atoms with E-state index in [0.29, 0.717) is 0 Å². The van der Waals surface area contributed by atoms with Crippen LogP contribution in [0.25, 0.3) is 0 Å². The summed E-state index contributed by atoms with van der Waals surface area (Å²) in [5.41, 5.74) is 6.37. The van der Waals surface area contributed by atoms with Gasteiger partial charge >= 0.3 is 0 Å². The molecule has 0 fully saturated rings. The molecule has 1 nitrogen and oxygen atoms in total. The molecule has 2 N–H and O–H groups in total. The highest BCUT2D eigenvalue weighted by Gasteiger charge is 2.18. The monoisotopic (exact) mass is 299 g/mol. The smallest absolute Gasteiger partial charge is 0.0987 e. The Morgan fingerprint density at radius 2 is 2.44 bits per heavy atom. The van der Waals surface area contributed by atoms with Crippen LogP contribution in [-0.4, -0.2) is 2.33 Å². The summed E-state index contributed by atoms with van der Waals surface area (Å²) in [6.45, 7) is 0. The molecule has 0 aromatic heterocycles. The van der Waals surface area contributed by atoms with Crippen LogP contribution in [0, 0.1) is 0 Å². The maximum absolute atomic E-state index is 5.51. The minimum Gasteiger partial charge on any atom is -0.399 e. The standard InChI is InChI=1S/C6H7BrIN/c7-6(8)3-1-5(9)2-4-6/h1-3H,4,9H2. The van der Waals surface area contributed by atoms with Crippen molar-refractivity contribution in [2.75, 3.05) is 0 Å². The van der Waals surface area contributed by atoms with Crippen LogP contribution in [0.2, 0.25) is 0 Å². The summed E-state index contributed by atoms with van der Waals surface area (Å²) in [5, 5.41) is 0. The third-order valence-corrected chi connectivity index (χ3v) is 2.52. The van der Waals surface area contributed by atoms with Crippen LogP contribution in [0.3, 0.4) is 0 Å². The molecule has 3 heteroatoms. The lowest BCUT2D eigenvalue weighted by Gasteiger charge is -2.16. The van der Waals surface area contributed by atoms with Gasteiger partial charge in [-0.05, 0) is 12.5 Å². The maximum Gasteiger partial charge on any atom is 0.0987 e. The number of alkyl halides is 2. The van der Waals surface area contributed by atoms with E-state index >= 15 is 0 Å². The molecule has 0 bridgehead atoms. The van der Waals surface area contributed by atoms with Crippen LogP contribution in [-0.2, 0) is 0 Å². The Bertz CT molecular complexity index is 172. The Morgan fingerprint density at radius 3 is 2.78 bits per heavy atom. The summed E-state index contributed by atoms with van der Waals surface area (Å²) < 4.78 is 0.105. The summed E-state index contributed by atoms with van der Waals surface area (Å²) in [6, 6.07) is 0. The van der Waals surface area contributed by atoms with E-state index in [1.54, 1.807) is 0 Å². The van der Waals surface area contributed by atoms with Crippen molar-refractivity contribution in [1.29, 1.82) is 0 Å². The topological polar surface area (TPSA) is 26.0 Å². The zero-order valence-corrected chi connectivity index (χ0v) is 8.52. The SMILES string of the molecule is NC1=CCC(Br)(I)C=C1. The molecular formula is C6H7BrIN. The molecular weight excluding hydrogens is 293 g/mol. The zero-order valence-electron chi connectivity index (χ0n) is 4.77. The molecule has 0 heterocycles. The summed E-state index contributed by atoms with van der Waals surface area (Å²) in [6.07, 6.45) is 6.96. The van der Waals surface area contributed by atoms with Crippen molar-refractivity contribution in [3.8, 4) is 0 Å². The molecule has 1 unspecified atom stereocenters. The van der Waals surface area contributed by atoms with E-state index in [1.165, 1.54) is 0 Å². The van der Waals surface area contributed by atoms with Crippen molar-refractivity contribution in [1.82, 2.24) is 0 Å². The number of halogens is 2. The van der Waals surface area contributed by atoms with Crippen LogP contribution in [0.15, 0.2) is 23.9 Å². The largest absolute Gasteiger partial charge is 0.399 e. The van der Waals surface area contributed by atoms with Gasteiger partial charge in [-0.3, -0.25) is 0 Å². The first-order chi connectivity index (χ1) is 4.10. The average molecular weight is 300 g/mol. The van der Waals surface area contributed by atoms with Gasteiger partial charge < -0.3 is 5.73 Å². The Morgan fingerprint density at radius 1 is 1.78 bits per heavy atom. The highest BCUT2D eigenvalue weighted by atomic mass is 127. The number of hydrogen-bond acceptors (Lipinski definition) is 1. The van der Waals surface area contributed by atoms with E-state index in [4.69, 9.17) is 5.73 Å². The number of hydrogen-bond donors (Lipinski definition) is 1. The van der Waals surface area contributed by atoms with Crippen LogP contribution in [0.4, 0.5) is 0 Å². The Labute approximate surface area is 76.6 Å². The molecule has 0 radical (unpaired) electrons. The normalized spacial score (nSPS) is 34.2. The first-order valence-electron chi connectivity index (χ1n) is 2.63. The van der Waals surface area contributed by atoms with Gasteiger partial charge in [-0.2, -0.15) is 0 Å². The van der Waals surface area contributed by atoms with Gasteiger partial charge in [0.2, 0.25) is 0 Å². The summed E-state index contributed by atoms with van der Waals surface area (Å²) >= 11 is 5.85. The molecule has 0 amide bonds. The van der Waals surface area contributed by atoms with Crippen molar-refractivity contribution in [3.63, 3.8) is 0 Å². The van der Waals surface area contributed by atoms with Gasteiger partial charge in [-0.15, -0.1) is 0 Å². The fraction of sp³-hybridized carbons (Fsp3) is 0.333. The number of rotatable bonds is 0. The second-order valence-corrected chi connectivity index (χ2v) is 6.83. The molecule has 9 heavy (non-hydrogen) atoms. The van der Waals surface area contributed by atoms with Gasteiger partial charge in [0, 0.05) is 5.70 Å². The third kappa shape index (κ3) is 2.29. The molecule has 1 aliphatic carbocycles. The van der Waals surface area contributed by atoms with Gasteiger partial charge in [0.05, 0.1) is 2.33 Å². The summed E-state index contributed by atoms with van der Waals surface area (Å²) in [7, 11) is 0. The van der Waals surface area contributed by atoms with Crippen LogP contribution >= 0.6 is 38.5 Å². The van der Waals surface area contributed by atoms with E-state index in [9.17, 15) is 0 Å². The second kappa shape index (κ2) is 2.62. The van der Waals surface area contributed by atoms with E-state index in [-0.39, 0.29) is 2.33 Å². The molecule has 1 rings (SSSR count). The lowest BCUT2D eigenvalue weighted by molar-refractivity contribution is 1.02. The van der Waals surface area contributed by atoms with E-state index in [0.717, 1.165) is 12.1 Å². The number of nitrogens with two attached hydrogens (primary N) is 1. The third-order valence-electron chi connectivity index (χ3n) is 1.13. The van der Waals surface area contributed by atoms with Crippen molar-refractivity contribution < 1.29 is 0 Å². The minimum absolute atomic E-state index is 0.105. The zero-order chi connectivity index (χ0) is 6.91. The van der Waals surface area contributed by atoms with Gasteiger partial charge in [-0.1, -0.05) is 50.7 Å². The Balaban J connectivity index is 2.70. The molecule has 1 aliphatic rings. The molecule has 0 aromatic carbocycles. The number of allylic oxidation sites excluding steroid dienone is 3. The Hall–Kier alpha value is 0.490. The van der Waals surface area contributed by atoms with Crippen LogP contribution < -0.4 is 5.73 Å². The summed E-state index contributed by atoms with van der Waals surface area (Å²) in [5.74, 6) is 0. The molecule has 0 aliphatic heterocycles. The van der Waals surface area contributed by atoms with Crippen molar-refractivity contribution in [3.05, 3.63) is 23.9 Å². The predicted octanol–water partition coefficient (Wildman–Crippen LogP) is 2.32. The average Bonchev–Trinajstić information content (AvgIpc) is 1.78. The van der Waals surface area contributed by atoms with Gasteiger partial charge in [0.15, 0.2) is 0 Å². The molecule has 0 spiro atoms. The predicted molar refractivity (Wildman–Crippen MR) is 51.7 cm³/mol. The highest BCUT2D eigenvalue weighted by Crippen LogP contribution is 2.35. The fourth-order valence-electron chi connectivity index (χ4n) is 0.608. The second-order valence-electron chi connectivity index (χ2n) is 2.00. The highest BCUT2D eigenvalue weighted by molar-refractivity contribution is 14.1. The lowest BCUT2D eigenvalue weighted by atomic mass is 10.1. The first kappa shape index (κ1) is 7.60. The molecule has 0 saturated carbocycles. The first-order valence-corrected chi connectivity index (χ1v) is 4.50. The Kier molecular flexibility index (Phi) is 2.21.